The SMILES string of the molecule is C=C/C=C\c1ccccc1C(C/C=C\C)/C(C)=C\C. The fraction of sp³-hybridized carbons (Fsp3) is 0.263. The summed E-state index contributed by atoms with van der Waals surface area (Å²) in [5.74, 6) is 0.451. The molecule has 1 aromatic carbocycles. The largest absolute Gasteiger partial charge is 0.0991 e. The number of allylic oxidation sites excluding steroid dienone is 6. The van der Waals surface area contributed by atoms with Gasteiger partial charge in [0.25, 0.3) is 0 Å². The lowest BCUT2D eigenvalue weighted by Gasteiger charge is -2.19. The zero-order valence-corrected chi connectivity index (χ0v) is 12.3. The van der Waals surface area contributed by atoms with Gasteiger partial charge in [-0.25, -0.2) is 0 Å². The summed E-state index contributed by atoms with van der Waals surface area (Å²) in [6.45, 7) is 10.1. The Bertz CT molecular complexity index is 487. The van der Waals surface area contributed by atoms with E-state index in [0.29, 0.717) is 5.92 Å². The maximum Gasteiger partial charge on any atom is 0.00857 e. The molecule has 0 radical (unpaired) electrons. The first-order chi connectivity index (χ1) is 9.24. The lowest BCUT2D eigenvalue weighted by Crippen LogP contribution is -2.02. The van der Waals surface area contributed by atoms with Crippen LogP contribution in [0.1, 0.15) is 44.2 Å². The lowest BCUT2D eigenvalue weighted by atomic mass is 9.85. The smallest absolute Gasteiger partial charge is 0.00857 e. The standard InChI is InChI=1S/C19H24/c1-5-8-12-17-13-10-11-15-19(17)18(14-9-6-2)16(4)7-3/h5-13,15,18H,1,14H2,2-4H3/b9-6-,12-8-,16-7-. The van der Waals surface area contributed by atoms with E-state index in [1.165, 1.54) is 16.7 Å². The van der Waals surface area contributed by atoms with Crippen LogP contribution in [0.4, 0.5) is 0 Å². The van der Waals surface area contributed by atoms with Crippen LogP contribution in [0.15, 0.2) is 66.8 Å². The van der Waals surface area contributed by atoms with E-state index in [2.05, 4.69) is 75.9 Å². The van der Waals surface area contributed by atoms with Crippen LogP contribution in [0.5, 0.6) is 0 Å². The Labute approximate surface area is 117 Å². The quantitative estimate of drug-likeness (QED) is 0.436. The van der Waals surface area contributed by atoms with Crippen molar-refractivity contribution in [2.24, 2.45) is 0 Å². The molecule has 0 aliphatic rings. The first-order valence-electron chi connectivity index (χ1n) is 6.86. The highest BCUT2D eigenvalue weighted by Crippen LogP contribution is 2.31. The van der Waals surface area contributed by atoms with Gasteiger partial charge in [-0.2, -0.15) is 0 Å². The van der Waals surface area contributed by atoms with Crippen molar-refractivity contribution in [1.82, 2.24) is 0 Å². The van der Waals surface area contributed by atoms with E-state index in [4.69, 9.17) is 0 Å². The molecule has 0 heteroatoms. The van der Waals surface area contributed by atoms with Gasteiger partial charge < -0.3 is 0 Å². The lowest BCUT2D eigenvalue weighted by molar-refractivity contribution is 0.803. The summed E-state index contributed by atoms with van der Waals surface area (Å²) in [6, 6.07) is 8.60. The summed E-state index contributed by atoms with van der Waals surface area (Å²) in [4.78, 5) is 0. The first kappa shape index (κ1) is 15.2. The molecule has 0 heterocycles. The molecule has 0 spiro atoms. The molecule has 100 valence electrons. The Kier molecular flexibility index (Phi) is 6.67. The molecule has 0 N–H and O–H groups in total. The molecule has 0 amide bonds. The fourth-order valence-electron chi connectivity index (χ4n) is 2.18. The Morgan fingerprint density at radius 1 is 1.26 bits per heavy atom. The van der Waals surface area contributed by atoms with Crippen LogP contribution in [-0.4, -0.2) is 0 Å². The molecule has 1 aromatic rings. The van der Waals surface area contributed by atoms with Crippen LogP contribution < -0.4 is 0 Å². The van der Waals surface area contributed by atoms with Gasteiger partial charge in [0.1, 0.15) is 0 Å². The highest BCUT2D eigenvalue weighted by Gasteiger charge is 2.13. The summed E-state index contributed by atoms with van der Waals surface area (Å²) in [5, 5.41) is 0. The van der Waals surface area contributed by atoms with Crippen LogP contribution in [0.25, 0.3) is 6.08 Å². The molecule has 1 rings (SSSR count). The van der Waals surface area contributed by atoms with E-state index in [1.54, 1.807) is 0 Å². The molecule has 19 heavy (non-hydrogen) atoms. The van der Waals surface area contributed by atoms with Gasteiger partial charge in [-0.3, -0.25) is 0 Å². The first-order valence-corrected chi connectivity index (χ1v) is 6.86. The molecule has 0 bridgehead atoms. The van der Waals surface area contributed by atoms with Crippen molar-refractivity contribution in [3.05, 3.63) is 77.9 Å². The van der Waals surface area contributed by atoms with Gasteiger partial charge in [-0.05, 0) is 38.3 Å². The van der Waals surface area contributed by atoms with Crippen molar-refractivity contribution in [1.29, 1.82) is 0 Å². The van der Waals surface area contributed by atoms with Crippen molar-refractivity contribution in [3.63, 3.8) is 0 Å². The summed E-state index contributed by atoms with van der Waals surface area (Å²) in [5.41, 5.74) is 4.07. The van der Waals surface area contributed by atoms with E-state index >= 15 is 0 Å². The van der Waals surface area contributed by atoms with Gasteiger partial charge in [0.2, 0.25) is 0 Å². The Morgan fingerprint density at radius 2 is 2.00 bits per heavy atom. The molecule has 0 saturated heterocycles. The predicted molar refractivity (Wildman–Crippen MR) is 87.3 cm³/mol. The minimum absolute atomic E-state index is 0.451. The van der Waals surface area contributed by atoms with E-state index < -0.39 is 0 Å². The number of hydrogen-bond acceptors (Lipinski definition) is 0. The van der Waals surface area contributed by atoms with Gasteiger partial charge in [-0.1, -0.05) is 72.9 Å². The van der Waals surface area contributed by atoms with Crippen LogP contribution in [0.2, 0.25) is 0 Å². The monoisotopic (exact) mass is 252 g/mol. The average molecular weight is 252 g/mol. The third-order valence-corrected chi connectivity index (χ3v) is 3.40. The Hall–Kier alpha value is -1.82. The van der Waals surface area contributed by atoms with Crippen LogP contribution in [-0.2, 0) is 0 Å². The van der Waals surface area contributed by atoms with Gasteiger partial charge in [0, 0.05) is 5.92 Å². The molecule has 0 aromatic heterocycles. The van der Waals surface area contributed by atoms with E-state index in [0.717, 1.165) is 6.42 Å². The second-order valence-corrected chi connectivity index (χ2v) is 4.61. The van der Waals surface area contributed by atoms with Crippen molar-refractivity contribution in [2.75, 3.05) is 0 Å². The molecular formula is C19H24. The number of hydrogen-bond donors (Lipinski definition) is 0. The fourth-order valence-corrected chi connectivity index (χ4v) is 2.18. The molecule has 0 aliphatic carbocycles. The third kappa shape index (κ3) is 4.40. The topological polar surface area (TPSA) is 0 Å². The van der Waals surface area contributed by atoms with E-state index in [1.807, 2.05) is 12.2 Å². The molecule has 1 atom stereocenters. The number of benzene rings is 1. The summed E-state index contributed by atoms with van der Waals surface area (Å²) in [6.07, 6.45) is 13.6. The van der Waals surface area contributed by atoms with Gasteiger partial charge in [0.05, 0.1) is 0 Å². The molecule has 0 saturated carbocycles. The summed E-state index contributed by atoms with van der Waals surface area (Å²) >= 11 is 0. The molecule has 1 unspecified atom stereocenters. The highest BCUT2D eigenvalue weighted by atomic mass is 14.2. The summed E-state index contributed by atoms with van der Waals surface area (Å²) in [7, 11) is 0. The third-order valence-electron chi connectivity index (χ3n) is 3.40. The normalized spacial score (nSPS) is 14.2. The van der Waals surface area contributed by atoms with Crippen molar-refractivity contribution in [3.8, 4) is 0 Å². The Balaban J connectivity index is 3.21. The van der Waals surface area contributed by atoms with Crippen molar-refractivity contribution in [2.45, 2.75) is 33.1 Å². The van der Waals surface area contributed by atoms with Crippen LogP contribution in [0.3, 0.4) is 0 Å². The Morgan fingerprint density at radius 3 is 2.63 bits per heavy atom. The predicted octanol–water partition coefficient (Wildman–Crippen LogP) is 5.90. The zero-order valence-electron chi connectivity index (χ0n) is 12.3. The summed E-state index contributed by atoms with van der Waals surface area (Å²) < 4.78 is 0. The van der Waals surface area contributed by atoms with Crippen molar-refractivity contribution < 1.29 is 0 Å². The minimum atomic E-state index is 0.451. The minimum Gasteiger partial charge on any atom is -0.0991 e. The van der Waals surface area contributed by atoms with Crippen LogP contribution in [0, 0.1) is 0 Å². The number of rotatable bonds is 6. The van der Waals surface area contributed by atoms with E-state index in [-0.39, 0.29) is 0 Å². The molecule has 0 aliphatic heterocycles. The zero-order chi connectivity index (χ0) is 14.1. The molecular weight excluding hydrogens is 228 g/mol. The maximum absolute atomic E-state index is 3.74. The maximum atomic E-state index is 3.74. The van der Waals surface area contributed by atoms with Gasteiger partial charge >= 0.3 is 0 Å². The van der Waals surface area contributed by atoms with Gasteiger partial charge in [0.15, 0.2) is 0 Å². The molecule has 0 fully saturated rings. The van der Waals surface area contributed by atoms with Crippen molar-refractivity contribution >= 4 is 6.08 Å². The van der Waals surface area contributed by atoms with Crippen LogP contribution >= 0.6 is 0 Å². The second-order valence-electron chi connectivity index (χ2n) is 4.61. The molecule has 0 nitrogen and oxygen atoms in total. The van der Waals surface area contributed by atoms with Gasteiger partial charge in [-0.15, -0.1) is 0 Å². The average Bonchev–Trinajstić information content (AvgIpc) is 2.46. The van der Waals surface area contributed by atoms with E-state index in [9.17, 15) is 0 Å². The highest BCUT2D eigenvalue weighted by molar-refractivity contribution is 5.57. The second kappa shape index (κ2) is 8.31.